The molecule has 2 saturated heterocycles. The van der Waals surface area contributed by atoms with Crippen LogP contribution in [0.25, 0.3) is 27.1 Å². The van der Waals surface area contributed by atoms with Crippen LogP contribution in [-0.4, -0.2) is 74.7 Å². The van der Waals surface area contributed by atoms with Crippen molar-refractivity contribution >= 4 is 33.1 Å². The van der Waals surface area contributed by atoms with E-state index in [1.54, 1.807) is 6.33 Å². The van der Waals surface area contributed by atoms with Crippen LogP contribution in [0.1, 0.15) is 72.6 Å². The van der Waals surface area contributed by atoms with Crippen molar-refractivity contribution in [3.8, 4) is 11.3 Å². The summed E-state index contributed by atoms with van der Waals surface area (Å²) >= 11 is 1.84. The number of halogens is 2. The van der Waals surface area contributed by atoms with Crippen LogP contribution in [0.5, 0.6) is 0 Å². The van der Waals surface area contributed by atoms with E-state index in [1.807, 2.05) is 20.8 Å². The lowest BCUT2D eigenvalue weighted by molar-refractivity contribution is -0.157. The second-order valence-electron chi connectivity index (χ2n) is 12.0. The monoisotopic (exact) mass is 584 g/mol. The number of likely N-dealkylation sites (tertiary alicyclic amines) is 1. The summed E-state index contributed by atoms with van der Waals surface area (Å²) in [4.78, 5) is 25.8. The van der Waals surface area contributed by atoms with Crippen LogP contribution in [-0.2, 0) is 9.53 Å². The first-order valence-corrected chi connectivity index (χ1v) is 15.2. The highest BCUT2D eigenvalue weighted by molar-refractivity contribution is 7.19. The molecule has 0 radical (unpaired) electrons. The minimum Gasteiger partial charge on any atom is -0.368 e. The number of piperidine rings is 1. The molecule has 220 valence electrons. The Kier molecular flexibility index (Phi) is 7.18. The van der Waals surface area contributed by atoms with Gasteiger partial charge in [0, 0.05) is 48.6 Å². The number of H-pyrrole nitrogens is 1. The molecule has 6 rings (SSSR count). The molecular formula is C30H38F2N6O2S. The molecule has 8 nitrogen and oxygen atoms in total. The van der Waals surface area contributed by atoms with E-state index >= 15 is 0 Å². The van der Waals surface area contributed by atoms with Crippen molar-refractivity contribution in [2.75, 3.05) is 26.2 Å². The third kappa shape index (κ3) is 4.85. The number of ether oxygens (including phenoxy) is 1. The quantitative estimate of drug-likeness (QED) is 0.314. The lowest BCUT2D eigenvalue weighted by Gasteiger charge is -2.37. The van der Waals surface area contributed by atoms with Gasteiger partial charge in [-0.05, 0) is 67.7 Å². The van der Waals surface area contributed by atoms with Crippen LogP contribution in [0.4, 0.5) is 8.78 Å². The molecule has 0 bridgehead atoms. The Hall–Kier alpha value is -2.89. The van der Waals surface area contributed by atoms with Gasteiger partial charge in [-0.2, -0.15) is 5.10 Å². The van der Waals surface area contributed by atoms with Crippen molar-refractivity contribution < 1.29 is 18.3 Å². The predicted octanol–water partition coefficient (Wildman–Crippen LogP) is 5.71. The van der Waals surface area contributed by atoms with E-state index in [9.17, 15) is 13.6 Å². The molecule has 0 aromatic carbocycles. The maximum atomic E-state index is 13.6. The Labute approximate surface area is 242 Å². The van der Waals surface area contributed by atoms with Crippen LogP contribution in [0.15, 0.2) is 12.5 Å². The molecule has 2 atom stereocenters. The zero-order valence-electron chi connectivity index (χ0n) is 24.5. The highest BCUT2D eigenvalue weighted by atomic mass is 32.1. The number of aromatic nitrogens is 4. The first kappa shape index (κ1) is 28.2. The summed E-state index contributed by atoms with van der Waals surface area (Å²) in [6.45, 7) is 13.1. The van der Waals surface area contributed by atoms with Gasteiger partial charge in [0.2, 0.25) is 5.91 Å². The molecule has 2 aliphatic heterocycles. The summed E-state index contributed by atoms with van der Waals surface area (Å²) in [5.74, 6) is -2.29. The first-order chi connectivity index (χ1) is 19.5. The zero-order chi connectivity index (χ0) is 29.2. The molecule has 11 heteroatoms. The van der Waals surface area contributed by atoms with Crippen molar-refractivity contribution in [3.63, 3.8) is 0 Å². The Morgan fingerprint density at radius 1 is 1.17 bits per heavy atom. The van der Waals surface area contributed by atoms with E-state index in [0.717, 1.165) is 42.2 Å². The average Bonchev–Trinajstić information content (AvgIpc) is 3.65. The van der Waals surface area contributed by atoms with Gasteiger partial charge in [0.15, 0.2) is 5.65 Å². The van der Waals surface area contributed by atoms with Gasteiger partial charge >= 0.3 is 0 Å². The van der Waals surface area contributed by atoms with Gasteiger partial charge in [0.25, 0.3) is 5.92 Å². The number of pyridine rings is 1. The number of carbonyl (C=O) groups excluding carboxylic acids is 1. The largest absolute Gasteiger partial charge is 0.368 e. The molecule has 2 N–H and O–H groups in total. The SMILES string of the molecule is Cc1c(-c2[nH]c3sc(C4CCN(C(=O)C5COC(C(C)(F)F)CN5)CC4)c(C)c3c2C(C)C)cn2ncnc2c1C. The maximum absolute atomic E-state index is 13.6. The molecule has 2 aliphatic rings. The van der Waals surface area contributed by atoms with Crippen LogP contribution >= 0.6 is 11.3 Å². The van der Waals surface area contributed by atoms with Gasteiger partial charge in [0.1, 0.15) is 23.3 Å². The number of nitrogens with one attached hydrogen (secondary N) is 2. The van der Waals surface area contributed by atoms with Crippen LogP contribution < -0.4 is 5.32 Å². The van der Waals surface area contributed by atoms with Gasteiger partial charge in [0.05, 0.1) is 12.3 Å². The molecule has 0 spiro atoms. The van der Waals surface area contributed by atoms with Gasteiger partial charge in [-0.1, -0.05) is 13.8 Å². The molecule has 41 heavy (non-hydrogen) atoms. The lowest BCUT2D eigenvalue weighted by Crippen LogP contribution is -2.58. The fourth-order valence-corrected chi connectivity index (χ4v) is 7.92. The summed E-state index contributed by atoms with van der Waals surface area (Å²) in [5.41, 5.74) is 8.17. The number of amides is 1. The fourth-order valence-electron chi connectivity index (χ4n) is 6.53. The van der Waals surface area contributed by atoms with Crippen molar-refractivity contribution in [1.82, 2.24) is 29.8 Å². The third-order valence-electron chi connectivity index (χ3n) is 8.99. The number of rotatable bonds is 5. The molecule has 2 unspecified atom stereocenters. The first-order valence-electron chi connectivity index (χ1n) is 14.4. The molecular weight excluding hydrogens is 546 g/mol. The molecule has 4 aromatic heterocycles. The number of hydrogen-bond donors (Lipinski definition) is 2. The van der Waals surface area contributed by atoms with E-state index < -0.39 is 18.1 Å². The molecule has 6 heterocycles. The van der Waals surface area contributed by atoms with E-state index in [2.05, 4.69) is 61.2 Å². The Bertz CT molecular complexity index is 1600. The highest BCUT2D eigenvalue weighted by Crippen LogP contribution is 2.46. The number of alkyl halides is 2. The summed E-state index contributed by atoms with van der Waals surface area (Å²) in [6, 6.07) is -0.567. The highest BCUT2D eigenvalue weighted by Gasteiger charge is 2.41. The summed E-state index contributed by atoms with van der Waals surface area (Å²) in [7, 11) is 0. The zero-order valence-corrected chi connectivity index (χ0v) is 25.3. The van der Waals surface area contributed by atoms with Gasteiger partial charge < -0.3 is 19.9 Å². The third-order valence-corrected chi connectivity index (χ3v) is 10.4. The van der Waals surface area contributed by atoms with Crippen molar-refractivity contribution in [1.29, 1.82) is 0 Å². The van der Waals surface area contributed by atoms with Crippen molar-refractivity contribution in [3.05, 3.63) is 39.7 Å². The smallest absolute Gasteiger partial charge is 0.272 e. The topological polar surface area (TPSA) is 87.5 Å². The Balaban J connectivity index is 1.22. The molecule has 2 fully saturated rings. The molecule has 0 saturated carbocycles. The number of morpholine rings is 1. The van der Waals surface area contributed by atoms with Crippen LogP contribution in [0.2, 0.25) is 0 Å². The van der Waals surface area contributed by atoms with E-state index in [0.29, 0.717) is 24.9 Å². The number of nitrogens with zero attached hydrogens (tertiary/aromatic N) is 4. The Morgan fingerprint density at radius 3 is 2.54 bits per heavy atom. The van der Waals surface area contributed by atoms with Gasteiger partial charge in [-0.3, -0.25) is 4.79 Å². The summed E-state index contributed by atoms with van der Waals surface area (Å²) in [6.07, 6.45) is 4.24. The van der Waals surface area contributed by atoms with Crippen molar-refractivity contribution in [2.45, 2.75) is 84.3 Å². The maximum Gasteiger partial charge on any atom is 0.272 e. The molecule has 1 amide bonds. The van der Waals surface area contributed by atoms with E-state index in [4.69, 9.17) is 4.74 Å². The fraction of sp³-hybridized carbons (Fsp3) is 0.567. The number of aryl methyl sites for hydroxylation is 2. The van der Waals surface area contributed by atoms with Crippen LogP contribution in [0, 0.1) is 20.8 Å². The number of thiophene rings is 1. The van der Waals surface area contributed by atoms with Gasteiger partial charge in [-0.15, -0.1) is 11.3 Å². The minimum absolute atomic E-state index is 0.0230. The molecule has 4 aromatic rings. The minimum atomic E-state index is -2.93. The predicted molar refractivity (Wildman–Crippen MR) is 157 cm³/mol. The standard InChI is InChI=1S/C30H38F2N6O2S/c1-15(2)23-24-18(5)26(41-28(24)36-25(23)20-12-38-27(34-14-35-38)17(4)16(20)3)19-7-9-37(10-8-19)29(39)21-13-40-22(11-33-21)30(6,31)32/h12,14-15,19,21-22,33,36H,7-11,13H2,1-6H3. The normalized spacial score (nSPS) is 21.0. The summed E-state index contributed by atoms with van der Waals surface area (Å²) in [5, 5.41) is 8.70. The van der Waals surface area contributed by atoms with Crippen molar-refractivity contribution in [2.24, 2.45) is 0 Å². The summed E-state index contributed by atoms with van der Waals surface area (Å²) < 4.78 is 34.3. The Morgan fingerprint density at radius 2 is 1.90 bits per heavy atom. The number of hydrogen-bond acceptors (Lipinski definition) is 6. The lowest BCUT2D eigenvalue weighted by atomic mass is 9.89. The second kappa shape index (κ2) is 10.4. The molecule has 0 aliphatic carbocycles. The number of fused-ring (bicyclic) bond motifs is 2. The second-order valence-corrected chi connectivity index (χ2v) is 13.1. The number of carbonyl (C=O) groups is 1. The van der Waals surface area contributed by atoms with Gasteiger partial charge in [-0.25, -0.2) is 18.3 Å². The number of aromatic amines is 1. The van der Waals surface area contributed by atoms with E-state index in [-0.39, 0.29) is 19.1 Å². The van der Waals surface area contributed by atoms with Crippen LogP contribution in [0.3, 0.4) is 0 Å². The van der Waals surface area contributed by atoms with E-state index in [1.165, 1.54) is 31.8 Å². The average molecular weight is 585 g/mol.